The quantitative estimate of drug-likeness (QED) is 0.747. The topological polar surface area (TPSA) is 21.5 Å². The molecule has 3 rings (SSSR count). The lowest BCUT2D eigenvalue weighted by Crippen LogP contribution is -2.84. The van der Waals surface area contributed by atoms with Crippen molar-refractivity contribution in [2.75, 3.05) is 6.54 Å². The first-order chi connectivity index (χ1) is 7.27. The monoisotopic (exact) mass is 265 g/mol. The van der Waals surface area contributed by atoms with Gasteiger partial charge >= 0.3 is 0 Å². The first kappa shape index (κ1) is 9.43. The Balaban J connectivity index is 2.39. The Kier molecular flexibility index (Phi) is 2.11. The maximum Gasteiger partial charge on any atom is 0.104 e. The fraction of sp³-hybridized carbons (Fsp3) is 0.333. The molecule has 0 aliphatic carbocycles. The van der Waals surface area contributed by atoms with E-state index in [1.54, 1.807) is 0 Å². The molecule has 15 heavy (non-hydrogen) atoms. The number of halogens is 1. The number of quaternary nitrogens is 1. The number of nitrogens with two attached hydrogens (primary N) is 1. The molecule has 0 unspecified atom stereocenters. The first-order valence-electron chi connectivity index (χ1n) is 5.35. The molecule has 1 aromatic heterocycles. The smallest absolute Gasteiger partial charge is 0.104 e. The van der Waals surface area contributed by atoms with Crippen LogP contribution in [-0.4, -0.2) is 11.1 Å². The number of fused-ring (bicyclic) bond motifs is 3. The van der Waals surface area contributed by atoms with Crippen molar-refractivity contribution in [1.29, 1.82) is 0 Å². The number of hydrogen-bond donors (Lipinski definition) is 1. The van der Waals surface area contributed by atoms with E-state index < -0.39 is 0 Å². The van der Waals surface area contributed by atoms with Crippen LogP contribution in [0.5, 0.6) is 0 Å². The molecule has 1 aliphatic rings. The highest BCUT2D eigenvalue weighted by molar-refractivity contribution is 9.10. The number of nitrogens with zero attached hydrogens (tertiary/aromatic N) is 1. The molecule has 1 aliphatic heterocycles. The molecule has 2 N–H and O–H groups in total. The van der Waals surface area contributed by atoms with E-state index in [2.05, 4.69) is 51.1 Å². The Morgan fingerprint density at radius 2 is 2.27 bits per heavy atom. The van der Waals surface area contributed by atoms with Crippen LogP contribution in [0.2, 0.25) is 0 Å². The van der Waals surface area contributed by atoms with Crippen LogP contribution >= 0.6 is 15.9 Å². The van der Waals surface area contributed by atoms with Crippen LogP contribution in [0.4, 0.5) is 0 Å². The fourth-order valence-corrected chi connectivity index (χ4v) is 2.94. The predicted molar refractivity (Wildman–Crippen MR) is 64.8 cm³/mol. The van der Waals surface area contributed by atoms with Gasteiger partial charge in [-0.1, -0.05) is 15.9 Å². The van der Waals surface area contributed by atoms with Crippen molar-refractivity contribution in [3.05, 3.63) is 33.9 Å². The van der Waals surface area contributed by atoms with E-state index in [0.29, 0.717) is 0 Å². The zero-order valence-corrected chi connectivity index (χ0v) is 10.3. The zero-order chi connectivity index (χ0) is 10.4. The highest BCUT2D eigenvalue weighted by Crippen LogP contribution is 2.28. The third-order valence-corrected chi connectivity index (χ3v) is 3.83. The summed E-state index contributed by atoms with van der Waals surface area (Å²) in [7, 11) is 2.18. The second-order valence-corrected chi connectivity index (χ2v) is 5.09. The van der Waals surface area contributed by atoms with Crippen LogP contribution in [0.3, 0.4) is 0 Å². The van der Waals surface area contributed by atoms with E-state index in [1.807, 2.05) is 0 Å². The van der Waals surface area contributed by atoms with Crippen molar-refractivity contribution in [1.82, 2.24) is 4.57 Å². The Hall–Kier alpha value is -0.800. The Labute approximate surface area is 97.4 Å². The number of hydrogen-bond acceptors (Lipinski definition) is 0. The van der Waals surface area contributed by atoms with Crippen LogP contribution in [0.25, 0.3) is 10.9 Å². The van der Waals surface area contributed by atoms with E-state index >= 15 is 0 Å². The average Bonchev–Trinajstić information content (AvgIpc) is 2.54. The maximum atomic E-state index is 3.55. The highest BCUT2D eigenvalue weighted by Gasteiger charge is 2.19. The molecule has 2 aromatic rings. The number of rotatable bonds is 0. The molecule has 0 saturated carbocycles. The summed E-state index contributed by atoms with van der Waals surface area (Å²) in [5.74, 6) is 0. The van der Waals surface area contributed by atoms with E-state index in [0.717, 1.165) is 6.54 Å². The van der Waals surface area contributed by atoms with Gasteiger partial charge in [0.15, 0.2) is 0 Å². The normalized spacial score (nSPS) is 15.6. The van der Waals surface area contributed by atoms with Gasteiger partial charge in [-0.2, -0.15) is 0 Å². The van der Waals surface area contributed by atoms with E-state index in [1.165, 1.54) is 39.6 Å². The number of aryl methyl sites for hydroxylation is 1. The summed E-state index contributed by atoms with van der Waals surface area (Å²) in [6, 6.07) is 6.57. The fourth-order valence-electron chi connectivity index (χ4n) is 2.58. The largest absolute Gasteiger partial charge is 0.347 e. The van der Waals surface area contributed by atoms with Crippen molar-refractivity contribution in [2.45, 2.75) is 13.0 Å². The summed E-state index contributed by atoms with van der Waals surface area (Å²) in [4.78, 5) is 0. The van der Waals surface area contributed by atoms with Crippen LogP contribution in [0, 0.1) is 0 Å². The van der Waals surface area contributed by atoms with E-state index in [4.69, 9.17) is 0 Å². The van der Waals surface area contributed by atoms with Gasteiger partial charge in [0.05, 0.1) is 6.54 Å². The Morgan fingerprint density at radius 1 is 1.40 bits per heavy atom. The summed E-state index contributed by atoms with van der Waals surface area (Å²) in [6.07, 6.45) is 1.19. The first-order valence-corrected chi connectivity index (χ1v) is 6.14. The lowest BCUT2D eigenvalue weighted by atomic mass is 10.1. The van der Waals surface area contributed by atoms with Gasteiger partial charge in [-0.15, -0.1) is 0 Å². The second-order valence-electron chi connectivity index (χ2n) is 4.18. The summed E-state index contributed by atoms with van der Waals surface area (Å²) in [6.45, 7) is 2.35. The van der Waals surface area contributed by atoms with E-state index in [9.17, 15) is 0 Å². The molecule has 0 spiro atoms. The molecule has 0 atom stereocenters. The predicted octanol–water partition coefficient (Wildman–Crippen LogP) is 1.56. The van der Waals surface area contributed by atoms with Crippen molar-refractivity contribution in [3.8, 4) is 0 Å². The minimum absolute atomic E-state index is 1.13. The molecular formula is C12H14BrN2+. The van der Waals surface area contributed by atoms with Crippen LogP contribution in [0.1, 0.15) is 11.3 Å². The van der Waals surface area contributed by atoms with Gasteiger partial charge < -0.3 is 9.88 Å². The van der Waals surface area contributed by atoms with Gasteiger partial charge in [0.1, 0.15) is 6.54 Å². The van der Waals surface area contributed by atoms with Crippen molar-refractivity contribution >= 4 is 26.8 Å². The molecule has 78 valence electrons. The molecule has 0 amide bonds. The molecule has 0 radical (unpaired) electrons. The summed E-state index contributed by atoms with van der Waals surface area (Å²) >= 11 is 3.55. The van der Waals surface area contributed by atoms with Crippen LogP contribution in [0.15, 0.2) is 22.7 Å². The van der Waals surface area contributed by atoms with Gasteiger partial charge in [-0.3, -0.25) is 0 Å². The van der Waals surface area contributed by atoms with Crippen LogP contribution < -0.4 is 5.32 Å². The molecule has 2 heterocycles. The second kappa shape index (κ2) is 3.35. The molecular weight excluding hydrogens is 252 g/mol. The molecule has 1 aromatic carbocycles. The van der Waals surface area contributed by atoms with Gasteiger partial charge in [0, 0.05) is 40.1 Å². The standard InChI is InChI=1S/C12H13BrN2/c1-15-11-3-2-8(13)6-9(11)10-7-14-5-4-12(10)15/h2-3,6,14H,4-5,7H2,1H3/p+1. The molecule has 0 bridgehead atoms. The van der Waals surface area contributed by atoms with Crippen molar-refractivity contribution in [2.24, 2.45) is 7.05 Å². The van der Waals surface area contributed by atoms with Gasteiger partial charge in [0.25, 0.3) is 0 Å². The van der Waals surface area contributed by atoms with Crippen molar-refractivity contribution < 1.29 is 5.32 Å². The Bertz CT molecular complexity index is 528. The molecule has 3 heteroatoms. The molecule has 2 nitrogen and oxygen atoms in total. The van der Waals surface area contributed by atoms with Crippen LogP contribution in [-0.2, 0) is 20.0 Å². The Morgan fingerprint density at radius 3 is 3.13 bits per heavy atom. The minimum Gasteiger partial charge on any atom is -0.347 e. The van der Waals surface area contributed by atoms with Gasteiger partial charge in [-0.25, -0.2) is 0 Å². The van der Waals surface area contributed by atoms with E-state index in [-0.39, 0.29) is 0 Å². The minimum atomic E-state index is 1.13. The van der Waals surface area contributed by atoms with Gasteiger partial charge in [-0.05, 0) is 18.2 Å². The third-order valence-electron chi connectivity index (χ3n) is 3.33. The zero-order valence-electron chi connectivity index (χ0n) is 8.76. The number of benzene rings is 1. The summed E-state index contributed by atoms with van der Waals surface area (Å²) < 4.78 is 3.53. The SMILES string of the molecule is Cn1c2c(c3cc(Br)ccc31)C[NH2+]CC2. The van der Waals surface area contributed by atoms with Crippen molar-refractivity contribution in [3.63, 3.8) is 0 Å². The summed E-state index contributed by atoms with van der Waals surface area (Å²) in [5.41, 5.74) is 4.41. The molecule has 0 fully saturated rings. The lowest BCUT2D eigenvalue weighted by molar-refractivity contribution is -0.673. The third kappa shape index (κ3) is 1.34. The molecule has 0 saturated heterocycles. The number of aromatic nitrogens is 1. The average molecular weight is 266 g/mol. The highest BCUT2D eigenvalue weighted by atomic mass is 79.9. The summed E-state index contributed by atoms with van der Waals surface area (Å²) in [5, 5.41) is 3.81. The van der Waals surface area contributed by atoms with Gasteiger partial charge in [0.2, 0.25) is 0 Å². The lowest BCUT2D eigenvalue weighted by Gasteiger charge is -2.11. The maximum absolute atomic E-state index is 3.55.